The van der Waals surface area contributed by atoms with Crippen molar-refractivity contribution in [1.82, 2.24) is 31.2 Å². The number of carbonyl (C=O) groups is 5. The van der Waals surface area contributed by atoms with Crippen LogP contribution in [0, 0.1) is 11.8 Å². The van der Waals surface area contributed by atoms with Gasteiger partial charge in [-0.25, -0.2) is 4.98 Å². The molecule has 0 saturated heterocycles. The molecule has 0 radical (unpaired) electrons. The molecule has 3 aromatic carbocycles. The highest BCUT2D eigenvalue weighted by atomic mass is 16.3. The molecule has 0 saturated carbocycles. The monoisotopic (exact) mass is 736 g/mol. The van der Waals surface area contributed by atoms with Crippen molar-refractivity contribution >= 4 is 29.5 Å². The first-order chi connectivity index (χ1) is 25.9. The zero-order chi connectivity index (χ0) is 39.0. The summed E-state index contributed by atoms with van der Waals surface area (Å²) in [6.45, 7) is 7.62. The molecule has 286 valence electrons. The average molecular weight is 737 g/mol. The lowest BCUT2D eigenvalue weighted by molar-refractivity contribution is -0.132. The van der Waals surface area contributed by atoms with E-state index in [1.807, 2.05) is 88.4 Å². The van der Waals surface area contributed by atoms with Crippen LogP contribution in [0.15, 0.2) is 104 Å². The Morgan fingerprint density at radius 3 is 1.89 bits per heavy atom. The van der Waals surface area contributed by atoms with E-state index in [1.165, 1.54) is 6.33 Å². The second-order valence-corrected chi connectivity index (χ2v) is 14.4. The number of hydrogen-bond donors (Lipinski definition) is 6. The Morgan fingerprint density at radius 1 is 0.685 bits per heavy atom. The highest BCUT2D eigenvalue weighted by molar-refractivity contribution is 6.06. The number of aliphatic hydroxyl groups excluding tert-OH is 1. The summed E-state index contributed by atoms with van der Waals surface area (Å²) >= 11 is 0. The van der Waals surface area contributed by atoms with Crippen LogP contribution in [0.1, 0.15) is 80.1 Å². The number of rotatable bonds is 19. The summed E-state index contributed by atoms with van der Waals surface area (Å²) in [7, 11) is 0. The first-order valence-electron chi connectivity index (χ1n) is 18.4. The number of H-pyrrole nitrogens is 1. The van der Waals surface area contributed by atoms with Crippen molar-refractivity contribution in [2.75, 3.05) is 0 Å². The van der Waals surface area contributed by atoms with E-state index >= 15 is 0 Å². The van der Waals surface area contributed by atoms with Crippen LogP contribution >= 0.6 is 0 Å². The zero-order valence-electron chi connectivity index (χ0n) is 31.3. The van der Waals surface area contributed by atoms with Gasteiger partial charge in [-0.2, -0.15) is 0 Å². The zero-order valence-corrected chi connectivity index (χ0v) is 31.3. The molecule has 4 aromatic rings. The fourth-order valence-corrected chi connectivity index (χ4v) is 6.24. The van der Waals surface area contributed by atoms with Gasteiger partial charge in [0.2, 0.25) is 23.6 Å². The van der Waals surface area contributed by atoms with Gasteiger partial charge in [0.1, 0.15) is 12.1 Å². The van der Waals surface area contributed by atoms with Crippen LogP contribution in [-0.2, 0) is 32.0 Å². The van der Waals surface area contributed by atoms with Crippen molar-refractivity contribution in [2.24, 2.45) is 11.8 Å². The molecule has 1 aromatic heterocycles. The molecule has 54 heavy (non-hydrogen) atoms. The number of imidazole rings is 1. The number of nitrogens with zero attached hydrogens (tertiary/aromatic N) is 1. The van der Waals surface area contributed by atoms with Gasteiger partial charge in [-0.1, -0.05) is 107 Å². The lowest BCUT2D eigenvalue weighted by Gasteiger charge is -2.29. The third-order valence-corrected chi connectivity index (χ3v) is 8.95. The second-order valence-electron chi connectivity index (χ2n) is 14.4. The van der Waals surface area contributed by atoms with E-state index in [0.29, 0.717) is 24.1 Å². The smallest absolute Gasteiger partial charge is 0.257 e. The van der Waals surface area contributed by atoms with E-state index in [2.05, 4.69) is 31.2 Å². The molecular weight excluding hydrogens is 684 g/mol. The molecule has 0 spiro atoms. The molecule has 12 heteroatoms. The summed E-state index contributed by atoms with van der Waals surface area (Å²) in [6.07, 6.45) is 2.45. The van der Waals surface area contributed by atoms with Gasteiger partial charge < -0.3 is 26.0 Å². The Kier molecular flexibility index (Phi) is 15.7. The minimum absolute atomic E-state index is 0.00150. The average Bonchev–Trinajstić information content (AvgIpc) is 3.67. The van der Waals surface area contributed by atoms with Gasteiger partial charge in [-0.15, -0.1) is 0 Å². The third kappa shape index (κ3) is 13.1. The molecule has 5 amide bonds. The lowest BCUT2D eigenvalue weighted by Crippen LogP contribution is -2.55. The van der Waals surface area contributed by atoms with E-state index < -0.39 is 60.2 Å². The summed E-state index contributed by atoms with van der Waals surface area (Å²) in [5.41, 5.74) is 2.61. The van der Waals surface area contributed by atoms with E-state index in [9.17, 15) is 29.1 Å². The third-order valence-electron chi connectivity index (χ3n) is 8.95. The minimum Gasteiger partial charge on any atom is -0.390 e. The van der Waals surface area contributed by atoms with Crippen LogP contribution in [0.5, 0.6) is 0 Å². The van der Waals surface area contributed by atoms with Crippen LogP contribution < -0.4 is 21.3 Å². The first kappa shape index (κ1) is 41.1. The molecule has 12 nitrogen and oxygen atoms in total. The Bertz CT molecular complexity index is 1780. The van der Waals surface area contributed by atoms with Crippen LogP contribution in [0.3, 0.4) is 0 Å². The number of amides is 5. The maximum atomic E-state index is 14.1. The number of aromatic nitrogens is 2. The fraction of sp³-hybridized carbons (Fsp3) is 0.381. The van der Waals surface area contributed by atoms with E-state index in [1.54, 1.807) is 36.5 Å². The van der Waals surface area contributed by atoms with Gasteiger partial charge in [-0.05, 0) is 54.4 Å². The molecule has 0 aliphatic rings. The Hall–Kier alpha value is -5.62. The summed E-state index contributed by atoms with van der Waals surface area (Å²) in [5.74, 6) is -3.33. The molecule has 0 bridgehead atoms. The highest BCUT2D eigenvalue weighted by Crippen LogP contribution is 2.22. The predicted molar refractivity (Wildman–Crippen MR) is 206 cm³/mol. The normalized spacial score (nSPS) is 14.0. The van der Waals surface area contributed by atoms with Crippen LogP contribution in [0.4, 0.5) is 0 Å². The van der Waals surface area contributed by atoms with Gasteiger partial charge >= 0.3 is 0 Å². The Morgan fingerprint density at radius 2 is 1.30 bits per heavy atom. The number of hydrogen-bond acceptors (Lipinski definition) is 7. The van der Waals surface area contributed by atoms with Crippen LogP contribution in [0.25, 0.3) is 0 Å². The molecule has 1 unspecified atom stereocenters. The maximum Gasteiger partial charge on any atom is 0.257 e. The van der Waals surface area contributed by atoms with E-state index in [-0.39, 0.29) is 30.6 Å². The summed E-state index contributed by atoms with van der Waals surface area (Å²) in [4.78, 5) is 74.4. The largest absolute Gasteiger partial charge is 0.390 e. The number of aromatic amines is 1. The standard InChI is InChI=1S/C42H52N6O6/c1-27(2)20-34(37(49)24-38(50)45-35(21-28(3)4)42(54)48-39(51)31-18-12-7-13-19-31)46-41(53)36(23-32-25-43-26-44-32)47-40(52)33(30-16-10-6-11-17-30)22-29-14-8-5-9-15-29/h5-19,25-28,33-37,49H,20-24H2,1-4H3,(H,43,44)(H,45,50)(H,46,53)(H,47,52)(H,48,51,54)/t33?,34-,35-,36-,37-/m0/s1. The molecule has 4 rings (SSSR count). The van der Waals surface area contributed by atoms with Crippen LogP contribution in [0.2, 0.25) is 0 Å². The topological polar surface area (TPSA) is 182 Å². The second kappa shape index (κ2) is 20.6. The molecule has 0 aliphatic heterocycles. The summed E-state index contributed by atoms with van der Waals surface area (Å²) in [6, 6.07) is 24.3. The highest BCUT2D eigenvalue weighted by Gasteiger charge is 2.32. The number of imide groups is 1. The van der Waals surface area contributed by atoms with Crippen molar-refractivity contribution < 1.29 is 29.1 Å². The van der Waals surface area contributed by atoms with Crippen molar-refractivity contribution in [3.8, 4) is 0 Å². The number of carbonyl (C=O) groups excluding carboxylic acids is 5. The quantitative estimate of drug-likeness (QED) is 0.0833. The summed E-state index contributed by atoms with van der Waals surface area (Å²) < 4.78 is 0. The molecular formula is C42H52N6O6. The summed E-state index contributed by atoms with van der Waals surface area (Å²) in [5, 5.41) is 22.3. The van der Waals surface area contributed by atoms with Gasteiger partial charge in [0.05, 0.1) is 36.5 Å². The van der Waals surface area contributed by atoms with E-state index in [0.717, 1.165) is 11.1 Å². The Balaban J connectivity index is 1.48. The van der Waals surface area contributed by atoms with E-state index in [4.69, 9.17) is 0 Å². The van der Waals surface area contributed by atoms with Gasteiger partial charge in [0.15, 0.2) is 0 Å². The minimum atomic E-state index is -1.33. The van der Waals surface area contributed by atoms with Crippen molar-refractivity contribution in [3.05, 3.63) is 126 Å². The van der Waals surface area contributed by atoms with Crippen molar-refractivity contribution in [3.63, 3.8) is 0 Å². The van der Waals surface area contributed by atoms with Gasteiger partial charge in [-0.3, -0.25) is 29.3 Å². The van der Waals surface area contributed by atoms with Gasteiger partial charge in [0, 0.05) is 18.2 Å². The van der Waals surface area contributed by atoms with Crippen molar-refractivity contribution in [1.29, 1.82) is 0 Å². The molecule has 5 atom stereocenters. The van der Waals surface area contributed by atoms with Crippen LogP contribution in [-0.4, -0.2) is 68.8 Å². The Labute approximate surface area is 316 Å². The molecule has 0 fully saturated rings. The van der Waals surface area contributed by atoms with Gasteiger partial charge in [0.25, 0.3) is 5.91 Å². The molecule has 6 N–H and O–H groups in total. The number of nitrogens with one attached hydrogen (secondary N) is 5. The van der Waals surface area contributed by atoms with Crippen molar-refractivity contribution in [2.45, 2.75) is 89.9 Å². The maximum absolute atomic E-state index is 14.1. The first-order valence-corrected chi connectivity index (χ1v) is 18.4. The lowest BCUT2D eigenvalue weighted by atomic mass is 9.90. The number of benzene rings is 3. The molecule has 0 aliphatic carbocycles. The predicted octanol–water partition coefficient (Wildman–Crippen LogP) is 4.23. The SMILES string of the molecule is CC(C)C[C@H](NC(=O)C[C@H](O)[C@H](CC(C)C)NC(=O)[C@H](Cc1c[nH]cn1)NC(=O)C(Cc1ccccc1)c1ccccc1)C(=O)NC(=O)c1ccccc1. The fourth-order valence-electron chi connectivity index (χ4n) is 6.24. The number of aliphatic hydroxyl groups is 1. The molecule has 1 heterocycles.